The highest BCUT2D eigenvalue weighted by Crippen LogP contribution is 2.08. The fraction of sp³-hybridized carbons (Fsp3) is 0.250. The number of rotatable bonds is 2. The zero-order chi connectivity index (χ0) is 9.84. The van der Waals surface area contributed by atoms with Gasteiger partial charge in [-0.15, -0.1) is 0 Å². The highest BCUT2D eigenvalue weighted by molar-refractivity contribution is 9.10. The van der Waals surface area contributed by atoms with Gasteiger partial charge in [0, 0.05) is 17.7 Å². The molecule has 0 bridgehead atoms. The van der Waals surface area contributed by atoms with Crippen LogP contribution >= 0.6 is 15.9 Å². The van der Waals surface area contributed by atoms with Gasteiger partial charge in [0.25, 0.3) is 0 Å². The Balaban J connectivity index is 2.64. The van der Waals surface area contributed by atoms with Crippen LogP contribution in [0.3, 0.4) is 0 Å². The summed E-state index contributed by atoms with van der Waals surface area (Å²) in [4.78, 5) is 15.7. The van der Waals surface area contributed by atoms with Crippen molar-refractivity contribution in [3.05, 3.63) is 28.5 Å². The van der Waals surface area contributed by atoms with Crippen molar-refractivity contribution in [1.82, 2.24) is 9.88 Å². The summed E-state index contributed by atoms with van der Waals surface area (Å²) in [6, 6.07) is 3.61. The first-order chi connectivity index (χ1) is 6.09. The number of nitrogens with zero attached hydrogens (tertiary/aromatic N) is 2. The maximum absolute atomic E-state index is 10.5. The van der Waals surface area contributed by atoms with Crippen LogP contribution in [-0.2, 0) is 6.54 Å². The van der Waals surface area contributed by atoms with E-state index < -0.39 is 6.09 Å². The van der Waals surface area contributed by atoms with E-state index in [0.717, 1.165) is 10.2 Å². The summed E-state index contributed by atoms with van der Waals surface area (Å²) < 4.78 is 0.884. The molecular formula is C8H9BrN2O2. The molecule has 0 atom stereocenters. The molecule has 1 aromatic rings. The Hall–Kier alpha value is -1.10. The van der Waals surface area contributed by atoms with Gasteiger partial charge in [-0.3, -0.25) is 4.98 Å². The van der Waals surface area contributed by atoms with Gasteiger partial charge in [-0.25, -0.2) is 4.79 Å². The Kier molecular flexibility index (Phi) is 3.25. The molecule has 0 saturated heterocycles. The fourth-order valence-corrected chi connectivity index (χ4v) is 1.05. The minimum absolute atomic E-state index is 0.308. The quantitative estimate of drug-likeness (QED) is 0.866. The zero-order valence-electron chi connectivity index (χ0n) is 7.07. The predicted octanol–water partition coefficient (Wildman–Crippen LogP) is 1.95. The number of hydrogen-bond donors (Lipinski definition) is 1. The van der Waals surface area contributed by atoms with E-state index >= 15 is 0 Å². The summed E-state index contributed by atoms with van der Waals surface area (Å²) >= 11 is 3.25. The number of aromatic nitrogens is 1. The molecule has 0 unspecified atom stereocenters. The third-order valence-corrected chi connectivity index (χ3v) is 1.98. The van der Waals surface area contributed by atoms with Crippen LogP contribution in [0.15, 0.2) is 22.8 Å². The van der Waals surface area contributed by atoms with Gasteiger partial charge >= 0.3 is 6.09 Å². The number of carboxylic acid groups (broad SMARTS) is 1. The normalized spacial score (nSPS) is 9.69. The summed E-state index contributed by atoms with van der Waals surface area (Å²) in [7, 11) is 1.51. The summed E-state index contributed by atoms with van der Waals surface area (Å²) in [6.07, 6.45) is 0.690. The predicted molar refractivity (Wildman–Crippen MR) is 51.4 cm³/mol. The van der Waals surface area contributed by atoms with Gasteiger partial charge in [0.15, 0.2) is 0 Å². The average Bonchev–Trinajstić information content (AvgIpc) is 2.08. The van der Waals surface area contributed by atoms with Gasteiger partial charge in [0.05, 0.1) is 12.2 Å². The van der Waals surface area contributed by atoms with Crippen LogP contribution < -0.4 is 0 Å². The Morgan fingerprint density at radius 1 is 1.69 bits per heavy atom. The minimum atomic E-state index is -0.954. The summed E-state index contributed by atoms with van der Waals surface area (Å²) in [6.45, 7) is 0.308. The van der Waals surface area contributed by atoms with E-state index in [9.17, 15) is 4.79 Å². The smallest absolute Gasteiger partial charge is 0.407 e. The molecule has 0 aliphatic carbocycles. The summed E-state index contributed by atoms with van der Waals surface area (Å²) in [5, 5.41) is 8.59. The van der Waals surface area contributed by atoms with Gasteiger partial charge in [0.1, 0.15) is 0 Å². The first kappa shape index (κ1) is 9.98. The largest absolute Gasteiger partial charge is 0.465 e. The fourth-order valence-electron chi connectivity index (χ4n) is 0.811. The molecule has 5 heteroatoms. The van der Waals surface area contributed by atoms with Crippen LogP contribution in [0.1, 0.15) is 5.69 Å². The topological polar surface area (TPSA) is 53.4 Å². The molecule has 1 aromatic heterocycles. The van der Waals surface area contributed by atoms with Crippen molar-refractivity contribution in [3.8, 4) is 0 Å². The Morgan fingerprint density at radius 2 is 2.38 bits per heavy atom. The average molecular weight is 245 g/mol. The van der Waals surface area contributed by atoms with Crippen molar-refractivity contribution in [3.63, 3.8) is 0 Å². The third-order valence-electron chi connectivity index (χ3n) is 1.51. The highest BCUT2D eigenvalue weighted by Gasteiger charge is 2.06. The second-order valence-electron chi connectivity index (χ2n) is 2.61. The van der Waals surface area contributed by atoms with E-state index in [0.29, 0.717) is 6.54 Å². The molecule has 0 saturated carbocycles. The van der Waals surface area contributed by atoms with Crippen molar-refractivity contribution in [2.24, 2.45) is 0 Å². The molecule has 0 aromatic carbocycles. The Morgan fingerprint density at radius 3 is 2.85 bits per heavy atom. The lowest BCUT2D eigenvalue weighted by atomic mass is 10.3. The van der Waals surface area contributed by atoms with Crippen LogP contribution in [0.5, 0.6) is 0 Å². The maximum atomic E-state index is 10.5. The molecule has 0 radical (unpaired) electrons. The standard InChI is InChI=1S/C8H9BrN2O2/c1-11(8(12)13)5-7-3-2-6(9)4-10-7/h2-4H,5H2,1H3,(H,12,13). The van der Waals surface area contributed by atoms with Crippen molar-refractivity contribution in [2.75, 3.05) is 7.05 Å². The summed E-state index contributed by atoms with van der Waals surface area (Å²) in [5.74, 6) is 0. The maximum Gasteiger partial charge on any atom is 0.407 e. The molecule has 0 fully saturated rings. The first-order valence-electron chi connectivity index (χ1n) is 3.64. The van der Waals surface area contributed by atoms with Crippen LogP contribution in [0.4, 0.5) is 4.79 Å². The molecule has 0 aliphatic heterocycles. The molecular weight excluding hydrogens is 236 g/mol. The molecule has 4 nitrogen and oxygen atoms in total. The number of carbonyl (C=O) groups is 1. The molecule has 13 heavy (non-hydrogen) atoms. The number of halogens is 1. The lowest BCUT2D eigenvalue weighted by Crippen LogP contribution is -2.24. The molecule has 1 heterocycles. The highest BCUT2D eigenvalue weighted by atomic mass is 79.9. The molecule has 1 rings (SSSR count). The van der Waals surface area contributed by atoms with Crippen molar-refractivity contribution in [2.45, 2.75) is 6.54 Å². The molecule has 70 valence electrons. The lowest BCUT2D eigenvalue weighted by molar-refractivity contribution is 0.153. The number of amides is 1. The van der Waals surface area contributed by atoms with Gasteiger partial charge in [-0.05, 0) is 28.1 Å². The molecule has 0 spiro atoms. The molecule has 1 amide bonds. The molecule has 1 N–H and O–H groups in total. The van der Waals surface area contributed by atoms with E-state index in [4.69, 9.17) is 5.11 Å². The van der Waals surface area contributed by atoms with Crippen molar-refractivity contribution in [1.29, 1.82) is 0 Å². The van der Waals surface area contributed by atoms with E-state index in [1.165, 1.54) is 11.9 Å². The van der Waals surface area contributed by atoms with E-state index in [1.807, 2.05) is 6.07 Å². The van der Waals surface area contributed by atoms with Gasteiger partial charge < -0.3 is 10.0 Å². The van der Waals surface area contributed by atoms with E-state index in [1.54, 1.807) is 12.3 Å². The second kappa shape index (κ2) is 4.23. The van der Waals surface area contributed by atoms with E-state index in [-0.39, 0.29) is 0 Å². The van der Waals surface area contributed by atoms with Crippen LogP contribution in [-0.4, -0.2) is 28.1 Å². The van der Waals surface area contributed by atoms with E-state index in [2.05, 4.69) is 20.9 Å². The molecule has 0 aliphatic rings. The minimum Gasteiger partial charge on any atom is -0.465 e. The van der Waals surface area contributed by atoms with Crippen molar-refractivity contribution >= 4 is 22.0 Å². The Bertz CT molecular complexity index is 300. The van der Waals surface area contributed by atoms with Crippen LogP contribution in [0.2, 0.25) is 0 Å². The van der Waals surface area contributed by atoms with Gasteiger partial charge in [-0.2, -0.15) is 0 Å². The second-order valence-corrected chi connectivity index (χ2v) is 3.52. The third kappa shape index (κ3) is 3.02. The van der Waals surface area contributed by atoms with Crippen LogP contribution in [0, 0.1) is 0 Å². The van der Waals surface area contributed by atoms with Gasteiger partial charge in [0.2, 0.25) is 0 Å². The zero-order valence-corrected chi connectivity index (χ0v) is 8.65. The van der Waals surface area contributed by atoms with Crippen molar-refractivity contribution < 1.29 is 9.90 Å². The SMILES string of the molecule is CN(Cc1ccc(Br)cn1)C(=O)O. The first-order valence-corrected chi connectivity index (χ1v) is 4.43. The van der Waals surface area contributed by atoms with Gasteiger partial charge in [-0.1, -0.05) is 0 Å². The summed E-state index contributed by atoms with van der Waals surface area (Å²) in [5.41, 5.74) is 0.730. The number of hydrogen-bond acceptors (Lipinski definition) is 2. The lowest BCUT2D eigenvalue weighted by Gasteiger charge is -2.11. The van der Waals surface area contributed by atoms with Crippen LogP contribution in [0.25, 0.3) is 0 Å². The monoisotopic (exact) mass is 244 g/mol. The number of pyridine rings is 1. The Labute approximate surface area is 84.3 Å².